The molecule has 0 amide bonds. The fraction of sp³-hybridized carbons (Fsp3) is 0.0556. The first-order chi connectivity index (χ1) is 10.3. The van der Waals surface area contributed by atoms with Crippen molar-refractivity contribution in [2.24, 2.45) is 0 Å². The van der Waals surface area contributed by atoms with Gasteiger partial charge >= 0.3 is 0 Å². The average Bonchev–Trinajstić information content (AvgIpc) is 3.11. The van der Waals surface area contributed by atoms with Crippen molar-refractivity contribution in [2.45, 2.75) is 6.92 Å². The number of nitrogens with zero attached hydrogens (tertiary/aromatic N) is 1. The highest BCUT2D eigenvalue weighted by molar-refractivity contribution is 7.15. The van der Waals surface area contributed by atoms with Crippen LogP contribution < -0.4 is 0 Å². The van der Waals surface area contributed by atoms with Gasteiger partial charge in [0.15, 0.2) is 0 Å². The molecule has 0 aliphatic carbocycles. The van der Waals surface area contributed by atoms with Crippen LogP contribution in [0.5, 0.6) is 0 Å². The minimum absolute atomic E-state index is 1.08. The molecule has 0 spiro atoms. The molecule has 2 nitrogen and oxygen atoms in total. The van der Waals surface area contributed by atoms with Crippen molar-refractivity contribution >= 4 is 22.2 Å². The monoisotopic (exact) mass is 290 g/mol. The highest BCUT2D eigenvalue weighted by Gasteiger charge is 2.14. The van der Waals surface area contributed by atoms with Gasteiger partial charge in [-0.25, -0.2) is 4.98 Å². The van der Waals surface area contributed by atoms with E-state index in [-0.39, 0.29) is 0 Å². The molecule has 21 heavy (non-hydrogen) atoms. The second-order valence-electron chi connectivity index (χ2n) is 5.04. The number of thiazole rings is 1. The minimum atomic E-state index is 1.08. The Hall–Kier alpha value is -2.39. The van der Waals surface area contributed by atoms with Gasteiger partial charge in [0.05, 0.1) is 5.69 Å². The zero-order valence-electron chi connectivity index (χ0n) is 11.6. The lowest BCUT2D eigenvalue weighted by atomic mass is 10.1. The van der Waals surface area contributed by atoms with E-state index >= 15 is 0 Å². The molecule has 0 aliphatic heterocycles. The van der Waals surface area contributed by atoms with Gasteiger partial charge in [0.1, 0.15) is 5.01 Å². The summed E-state index contributed by atoms with van der Waals surface area (Å²) in [6.45, 7) is 2.14. The van der Waals surface area contributed by atoms with Gasteiger partial charge in [-0.3, -0.25) is 0 Å². The van der Waals surface area contributed by atoms with E-state index in [0.29, 0.717) is 0 Å². The van der Waals surface area contributed by atoms with Crippen molar-refractivity contribution in [1.82, 2.24) is 9.97 Å². The number of hydrogen-bond donors (Lipinski definition) is 1. The smallest absolute Gasteiger partial charge is 0.124 e. The van der Waals surface area contributed by atoms with Crippen molar-refractivity contribution < 1.29 is 0 Å². The number of aromatic amines is 1. The summed E-state index contributed by atoms with van der Waals surface area (Å²) in [5.74, 6) is 0. The van der Waals surface area contributed by atoms with Crippen LogP contribution in [0.3, 0.4) is 0 Å². The van der Waals surface area contributed by atoms with Gasteiger partial charge in [-0.1, -0.05) is 48.5 Å². The first-order valence-corrected chi connectivity index (χ1v) is 7.74. The van der Waals surface area contributed by atoms with E-state index in [2.05, 4.69) is 60.6 Å². The van der Waals surface area contributed by atoms with Crippen LogP contribution in [0.2, 0.25) is 0 Å². The third-order valence-electron chi connectivity index (χ3n) is 3.66. The predicted octanol–water partition coefficient (Wildman–Crippen LogP) is 5.27. The number of fused-ring (bicyclic) bond motifs is 1. The normalized spacial score (nSPS) is 11.1. The highest BCUT2D eigenvalue weighted by atomic mass is 32.1. The van der Waals surface area contributed by atoms with Gasteiger partial charge in [-0.05, 0) is 13.0 Å². The number of nitrogens with one attached hydrogen (secondary N) is 1. The van der Waals surface area contributed by atoms with Crippen LogP contribution >= 0.6 is 11.3 Å². The molecule has 0 radical (unpaired) electrons. The van der Waals surface area contributed by atoms with E-state index in [0.717, 1.165) is 16.2 Å². The number of hydrogen-bond acceptors (Lipinski definition) is 2. The highest BCUT2D eigenvalue weighted by Crippen LogP contribution is 2.36. The molecule has 3 heteroatoms. The lowest BCUT2D eigenvalue weighted by Gasteiger charge is -1.96. The number of aryl methyl sites for hydroxylation is 1. The number of aromatic nitrogens is 2. The zero-order chi connectivity index (χ0) is 14.2. The largest absolute Gasteiger partial charge is 0.360 e. The molecule has 4 rings (SSSR count). The molecule has 2 aromatic heterocycles. The summed E-state index contributed by atoms with van der Waals surface area (Å²) >= 11 is 1.75. The number of para-hydroxylation sites is 1. The summed E-state index contributed by atoms with van der Waals surface area (Å²) in [5.41, 5.74) is 4.59. The van der Waals surface area contributed by atoms with E-state index < -0.39 is 0 Å². The Morgan fingerprint density at radius 2 is 1.71 bits per heavy atom. The summed E-state index contributed by atoms with van der Waals surface area (Å²) in [6.07, 6.45) is 2.06. The predicted molar refractivity (Wildman–Crippen MR) is 89.6 cm³/mol. The summed E-state index contributed by atoms with van der Waals surface area (Å²) in [5, 5.41) is 2.30. The quantitative estimate of drug-likeness (QED) is 0.535. The molecule has 102 valence electrons. The van der Waals surface area contributed by atoms with Crippen molar-refractivity contribution in [3.63, 3.8) is 0 Å². The molecule has 0 atom stereocenters. The molecule has 0 unspecified atom stereocenters. The Bertz CT molecular complexity index is 903. The minimum Gasteiger partial charge on any atom is -0.360 e. The van der Waals surface area contributed by atoms with Gasteiger partial charge in [0.2, 0.25) is 0 Å². The van der Waals surface area contributed by atoms with Gasteiger partial charge in [0, 0.05) is 33.1 Å². The molecular weight excluding hydrogens is 276 g/mol. The molecule has 0 saturated heterocycles. The van der Waals surface area contributed by atoms with Gasteiger partial charge in [0.25, 0.3) is 0 Å². The first kappa shape index (κ1) is 12.4. The average molecular weight is 290 g/mol. The van der Waals surface area contributed by atoms with Gasteiger partial charge in [-0.2, -0.15) is 0 Å². The van der Waals surface area contributed by atoms with Crippen molar-refractivity contribution in [3.05, 3.63) is 65.7 Å². The third kappa shape index (κ3) is 2.06. The van der Waals surface area contributed by atoms with Crippen LogP contribution in [0, 0.1) is 6.92 Å². The molecule has 0 saturated carbocycles. The lowest BCUT2D eigenvalue weighted by molar-refractivity contribution is 1.37. The van der Waals surface area contributed by atoms with E-state index in [1.807, 2.05) is 12.1 Å². The lowest BCUT2D eigenvalue weighted by Crippen LogP contribution is -1.79. The van der Waals surface area contributed by atoms with Crippen LogP contribution in [-0.2, 0) is 0 Å². The summed E-state index contributed by atoms with van der Waals surface area (Å²) in [6, 6.07) is 18.7. The molecule has 0 aliphatic rings. The number of H-pyrrole nitrogens is 1. The second-order valence-corrected chi connectivity index (χ2v) is 6.24. The molecule has 1 N–H and O–H groups in total. The molecule has 2 heterocycles. The summed E-state index contributed by atoms with van der Waals surface area (Å²) in [4.78, 5) is 9.45. The summed E-state index contributed by atoms with van der Waals surface area (Å²) in [7, 11) is 0. The van der Waals surface area contributed by atoms with Crippen molar-refractivity contribution in [3.8, 4) is 21.8 Å². The number of benzene rings is 2. The second kappa shape index (κ2) is 4.86. The third-order valence-corrected chi connectivity index (χ3v) is 4.68. The zero-order valence-corrected chi connectivity index (χ0v) is 12.4. The fourth-order valence-corrected chi connectivity index (χ4v) is 3.55. The van der Waals surface area contributed by atoms with Crippen LogP contribution in [0.25, 0.3) is 32.7 Å². The Balaban J connectivity index is 1.88. The van der Waals surface area contributed by atoms with Gasteiger partial charge in [-0.15, -0.1) is 11.3 Å². The molecule has 0 bridgehead atoms. The van der Waals surface area contributed by atoms with E-state index in [4.69, 9.17) is 4.98 Å². The topological polar surface area (TPSA) is 28.7 Å². The first-order valence-electron chi connectivity index (χ1n) is 6.92. The number of rotatable bonds is 2. The van der Waals surface area contributed by atoms with Crippen LogP contribution in [0.1, 0.15) is 4.88 Å². The Morgan fingerprint density at radius 3 is 2.57 bits per heavy atom. The Kier molecular flexibility index (Phi) is 2.86. The maximum atomic E-state index is 4.87. The molecular formula is C18H14N2S. The van der Waals surface area contributed by atoms with Crippen molar-refractivity contribution in [1.29, 1.82) is 0 Å². The van der Waals surface area contributed by atoms with Crippen LogP contribution in [0.15, 0.2) is 60.8 Å². The summed E-state index contributed by atoms with van der Waals surface area (Å²) < 4.78 is 0. The fourth-order valence-electron chi connectivity index (χ4n) is 2.62. The van der Waals surface area contributed by atoms with E-state index in [1.54, 1.807) is 11.3 Å². The Labute approximate surface area is 127 Å². The SMILES string of the molecule is Cc1sc(-c2ccccc2)nc1-c1c[nH]c2ccccc12. The maximum Gasteiger partial charge on any atom is 0.124 e. The molecule has 0 fully saturated rings. The van der Waals surface area contributed by atoms with Crippen LogP contribution in [-0.4, -0.2) is 9.97 Å². The Morgan fingerprint density at radius 1 is 0.952 bits per heavy atom. The maximum absolute atomic E-state index is 4.87. The molecule has 4 aromatic rings. The van der Waals surface area contributed by atoms with E-state index in [1.165, 1.54) is 21.4 Å². The van der Waals surface area contributed by atoms with Crippen molar-refractivity contribution in [2.75, 3.05) is 0 Å². The molecule has 2 aromatic carbocycles. The van der Waals surface area contributed by atoms with Gasteiger partial charge < -0.3 is 4.98 Å². The van der Waals surface area contributed by atoms with Crippen LogP contribution in [0.4, 0.5) is 0 Å². The van der Waals surface area contributed by atoms with E-state index in [9.17, 15) is 0 Å². The standard InChI is InChI=1S/C18H14N2S/c1-12-17(15-11-19-16-10-6-5-9-14(15)16)20-18(21-12)13-7-3-2-4-8-13/h2-11,19H,1H3.